The maximum Gasteiger partial charge on any atom is 0.414 e. The minimum absolute atomic E-state index is 0.0224. The molecule has 0 unspecified atom stereocenters. The van der Waals surface area contributed by atoms with E-state index in [1.807, 2.05) is 0 Å². The van der Waals surface area contributed by atoms with E-state index in [0.29, 0.717) is 18.7 Å². The lowest BCUT2D eigenvalue weighted by molar-refractivity contribution is 0.178. The second-order valence-corrected chi connectivity index (χ2v) is 6.60. The average molecular weight is 274 g/mol. The Hall–Kier alpha value is -1.27. The Morgan fingerprint density at radius 2 is 2.18 bits per heavy atom. The van der Waals surface area contributed by atoms with Crippen molar-refractivity contribution in [3.05, 3.63) is 23.8 Å². The van der Waals surface area contributed by atoms with Gasteiger partial charge in [-0.3, -0.25) is 4.90 Å². The number of ether oxygens (including phenoxy) is 1. The number of rotatable bonds is 1. The largest absolute Gasteiger partial charge is 0.447 e. The SMILES string of the molecule is O=C1OC[C@@H]2Cc3cc(S(=O)(=O)Cl)ccc3N12. The maximum atomic E-state index is 11.5. The van der Waals surface area contributed by atoms with Crippen molar-refractivity contribution in [1.82, 2.24) is 0 Å². The number of amides is 1. The second kappa shape index (κ2) is 3.36. The van der Waals surface area contributed by atoms with Crippen molar-refractivity contribution in [2.75, 3.05) is 11.5 Å². The Kier molecular flexibility index (Phi) is 2.15. The summed E-state index contributed by atoms with van der Waals surface area (Å²) >= 11 is 0. The first kappa shape index (κ1) is 10.9. The molecule has 1 atom stereocenters. The third kappa shape index (κ3) is 1.59. The molecule has 3 rings (SSSR count). The topological polar surface area (TPSA) is 63.7 Å². The Morgan fingerprint density at radius 3 is 2.88 bits per heavy atom. The van der Waals surface area contributed by atoms with Crippen molar-refractivity contribution >= 4 is 31.5 Å². The smallest absolute Gasteiger partial charge is 0.414 e. The van der Waals surface area contributed by atoms with Crippen molar-refractivity contribution in [1.29, 1.82) is 0 Å². The summed E-state index contributed by atoms with van der Waals surface area (Å²) in [5, 5.41) is 0. The van der Waals surface area contributed by atoms with Gasteiger partial charge in [0.2, 0.25) is 0 Å². The minimum atomic E-state index is -3.72. The van der Waals surface area contributed by atoms with Gasteiger partial charge >= 0.3 is 6.09 Å². The molecule has 7 heteroatoms. The van der Waals surface area contributed by atoms with Gasteiger partial charge in [-0.15, -0.1) is 0 Å². The first-order chi connectivity index (χ1) is 7.97. The van der Waals surface area contributed by atoms with E-state index in [0.717, 1.165) is 5.56 Å². The van der Waals surface area contributed by atoms with Gasteiger partial charge in [0.1, 0.15) is 6.61 Å². The molecule has 5 nitrogen and oxygen atoms in total. The summed E-state index contributed by atoms with van der Waals surface area (Å²) in [6.45, 7) is 0.344. The monoisotopic (exact) mass is 273 g/mol. The van der Waals surface area contributed by atoms with E-state index in [-0.39, 0.29) is 17.0 Å². The van der Waals surface area contributed by atoms with Crippen LogP contribution in [0.25, 0.3) is 0 Å². The number of halogens is 1. The molecule has 0 saturated carbocycles. The number of hydrogen-bond donors (Lipinski definition) is 0. The van der Waals surface area contributed by atoms with Gasteiger partial charge in [0.05, 0.1) is 16.6 Å². The van der Waals surface area contributed by atoms with Crippen LogP contribution in [0, 0.1) is 0 Å². The van der Waals surface area contributed by atoms with Crippen LogP contribution in [0.1, 0.15) is 5.56 Å². The van der Waals surface area contributed by atoms with Crippen molar-refractivity contribution in [3.8, 4) is 0 Å². The standard InChI is InChI=1S/C10H8ClNO4S/c11-17(14,15)8-1-2-9-6(4-8)3-7-5-16-10(13)12(7)9/h1-2,4,7H,3,5H2/t7-/m0/s1. The number of nitrogens with zero attached hydrogens (tertiary/aromatic N) is 1. The molecule has 0 aromatic heterocycles. The van der Waals surface area contributed by atoms with E-state index in [9.17, 15) is 13.2 Å². The molecular formula is C10H8ClNO4S. The van der Waals surface area contributed by atoms with Gasteiger partial charge in [0.15, 0.2) is 0 Å². The van der Waals surface area contributed by atoms with Gasteiger partial charge < -0.3 is 4.74 Å². The summed E-state index contributed by atoms with van der Waals surface area (Å²) in [4.78, 5) is 13.1. The lowest BCUT2D eigenvalue weighted by Crippen LogP contribution is -2.29. The normalized spacial score (nSPS) is 22.3. The van der Waals surface area contributed by atoms with Gasteiger partial charge in [-0.25, -0.2) is 13.2 Å². The number of hydrogen-bond acceptors (Lipinski definition) is 4. The van der Waals surface area contributed by atoms with Crippen LogP contribution in [-0.4, -0.2) is 27.2 Å². The molecule has 2 heterocycles. The highest BCUT2D eigenvalue weighted by atomic mass is 35.7. The predicted octanol–water partition coefficient (Wildman–Crippen LogP) is 1.50. The van der Waals surface area contributed by atoms with Crippen LogP contribution in [0.15, 0.2) is 23.1 Å². The average Bonchev–Trinajstić information content (AvgIpc) is 2.76. The molecule has 0 N–H and O–H groups in total. The van der Waals surface area contributed by atoms with Gasteiger partial charge in [-0.2, -0.15) is 0 Å². The zero-order valence-corrected chi connectivity index (χ0v) is 10.2. The molecule has 1 aromatic carbocycles. The van der Waals surface area contributed by atoms with E-state index in [1.54, 1.807) is 11.0 Å². The van der Waals surface area contributed by atoms with Crippen LogP contribution in [-0.2, 0) is 20.2 Å². The Labute approximate surface area is 102 Å². The fraction of sp³-hybridized carbons (Fsp3) is 0.300. The lowest BCUT2D eigenvalue weighted by atomic mass is 10.1. The molecule has 2 aliphatic rings. The number of cyclic esters (lactones) is 1. The summed E-state index contributed by atoms with van der Waals surface area (Å²) in [6.07, 6.45) is 0.219. The summed E-state index contributed by atoms with van der Waals surface area (Å²) in [5.41, 5.74) is 1.52. The number of fused-ring (bicyclic) bond motifs is 3. The molecule has 0 aliphatic carbocycles. The minimum Gasteiger partial charge on any atom is -0.447 e. The van der Waals surface area contributed by atoms with E-state index in [4.69, 9.17) is 15.4 Å². The quantitative estimate of drug-likeness (QED) is 0.728. The van der Waals surface area contributed by atoms with Crippen molar-refractivity contribution in [2.24, 2.45) is 0 Å². The Balaban J connectivity index is 2.09. The molecule has 1 fully saturated rings. The van der Waals surface area contributed by atoms with Crippen LogP contribution in [0.5, 0.6) is 0 Å². The van der Waals surface area contributed by atoms with Crippen molar-refractivity contribution in [3.63, 3.8) is 0 Å². The van der Waals surface area contributed by atoms with Gasteiger partial charge in [-0.05, 0) is 30.2 Å². The van der Waals surface area contributed by atoms with Crippen LogP contribution in [0.3, 0.4) is 0 Å². The predicted molar refractivity (Wildman–Crippen MR) is 60.8 cm³/mol. The molecule has 0 radical (unpaired) electrons. The molecule has 0 bridgehead atoms. The van der Waals surface area contributed by atoms with E-state index in [1.165, 1.54) is 12.1 Å². The molecule has 0 spiro atoms. The number of carbonyl (C=O) groups excluding carboxylic acids is 1. The molecular weight excluding hydrogens is 266 g/mol. The molecule has 2 aliphatic heterocycles. The molecule has 1 amide bonds. The second-order valence-electron chi connectivity index (χ2n) is 4.03. The Morgan fingerprint density at radius 1 is 1.41 bits per heavy atom. The van der Waals surface area contributed by atoms with Crippen LogP contribution < -0.4 is 4.90 Å². The van der Waals surface area contributed by atoms with E-state index in [2.05, 4.69) is 0 Å². The first-order valence-electron chi connectivity index (χ1n) is 5.00. The zero-order chi connectivity index (χ0) is 12.2. The highest BCUT2D eigenvalue weighted by Gasteiger charge is 2.40. The third-order valence-corrected chi connectivity index (χ3v) is 4.36. The maximum absolute atomic E-state index is 11.5. The zero-order valence-electron chi connectivity index (χ0n) is 8.59. The van der Waals surface area contributed by atoms with Gasteiger partial charge in [0.25, 0.3) is 9.05 Å². The number of carbonyl (C=O) groups is 1. The van der Waals surface area contributed by atoms with Crippen LogP contribution in [0.2, 0.25) is 0 Å². The fourth-order valence-electron chi connectivity index (χ4n) is 2.27. The highest BCUT2D eigenvalue weighted by Crippen LogP contribution is 2.37. The molecule has 1 aromatic rings. The van der Waals surface area contributed by atoms with E-state index >= 15 is 0 Å². The first-order valence-corrected chi connectivity index (χ1v) is 7.31. The molecule has 17 heavy (non-hydrogen) atoms. The van der Waals surface area contributed by atoms with Gasteiger partial charge in [0, 0.05) is 10.7 Å². The fourth-order valence-corrected chi connectivity index (χ4v) is 3.07. The molecule has 90 valence electrons. The summed E-state index contributed by atoms with van der Waals surface area (Å²) in [5.74, 6) is 0. The van der Waals surface area contributed by atoms with Crippen molar-refractivity contribution in [2.45, 2.75) is 17.4 Å². The highest BCUT2D eigenvalue weighted by molar-refractivity contribution is 8.13. The van der Waals surface area contributed by atoms with Crippen LogP contribution >= 0.6 is 10.7 Å². The molecule has 1 saturated heterocycles. The number of anilines is 1. The van der Waals surface area contributed by atoms with Crippen LogP contribution in [0.4, 0.5) is 10.5 Å². The summed E-state index contributed by atoms with van der Waals surface area (Å²) in [6, 6.07) is 4.49. The number of benzene rings is 1. The summed E-state index contributed by atoms with van der Waals surface area (Å²) < 4.78 is 27.3. The Bertz CT molecular complexity index is 613. The lowest BCUT2D eigenvalue weighted by Gasteiger charge is -2.12. The third-order valence-electron chi connectivity index (χ3n) is 3.01. The van der Waals surface area contributed by atoms with Gasteiger partial charge in [-0.1, -0.05) is 0 Å². The summed E-state index contributed by atoms with van der Waals surface area (Å²) in [7, 11) is 1.55. The van der Waals surface area contributed by atoms with Crippen molar-refractivity contribution < 1.29 is 17.9 Å². The van der Waals surface area contributed by atoms with E-state index < -0.39 is 9.05 Å².